The van der Waals surface area contributed by atoms with Crippen molar-refractivity contribution in [3.63, 3.8) is 0 Å². The minimum absolute atomic E-state index is 0.101. The van der Waals surface area contributed by atoms with Crippen LogP contribution in [0.25, 0.3) is 0 Å². The van der Waals surface area contributed by atoms with Gasteiger partial charge in [0.1, 0.15) is 0 Å². The van der Waals surface area contributed by atoms with Gasteiger partial charge in [-0.3, -0.25) is 9.59 Å². The highest BCUT2D eigenvalue weighted by Crippen LogP contribution is 2.27. The molecule has 0 aliphatic rings. The number of rotatable bonds is 7. The topological polar surface area (TPSA) is 58.2 Å². The molecule has 0 aliphatic heterocycles. The standard InChI is InChI=1S/C24H22Cl2N2O2S/c1-15-3-6-19(26)14-22(15)28-24(30)16(2)31-21-11-9-20(10-12-21)27-23(29)13-17-4-7-18(25)8-5-17/h3-12,14,16H,13H2,1-2H3,(H,27,29)(H,28,30). The van der Waals surface area contributed by atoms with E-state index in [1.54, 1.807) is 24.3 Å². The van der Waals surface area contributed by atoms with Crippen LogP contribution in [0.1, 0.15) is 18.1 Å². The number of anilines is 2. The summed E-state index contributed by atoms with van der Waals surface area (Å²) in [5, 5.41) is 6.72. The molecule has 0 saturated carbocycles. The predicted molar refractivity (Wildman–Crippen MR) is 130 cm³/mol. The maximum atomic E-state index is 12.5. The van der Waals surface area contributed by atoms with Crippen molar-refractivity contribution in [2.45, 2.75) is 30.4 Å². The summed E-state index contributed by atoms with van der Waals surface area (Å²) in [7, 11) is 0. The van der Waals surface area contributed by atoms with Crippen molar-refractivity contribution >= 4 is 58.2 Å². The summed E-state index contributed by atoms with van der Waals surface area (Å²) in [5.41, 5.74) is 3.26. The van der Waals surface area contributed by atoms with Crippen LogP contribution < -0.4 is 10.6 Å². The monoisotopic (exact) mass is 472 g/mol. The lowest BCUT2D eigenvalue weighted by Crippen LogP contribution is -2.22. The minimum Gasteiger partial charge on any atom is -0.326 e. The molecule has 160 valence electrons. The smallest absolute Gasteiger partial charge is 0.237 e. The molecule has 0 aromatic heterocycles. The molecule has 2 amide bonds. The largest absolute Gasteiger partial charge is 0.326 e. The zero-order valence-corrected chi connectivity index (χ0v) is 19.4. The Morgan fingerprint density at radius 2 is 1.55 bits per heavy atom. The molecule has 0 saturated heterocycles. The van der Waals surface area contributed by atoms with Gasteiger partial charge < -0.3 is 10.6 Å². The van der Waals surface area contributed by atoms with Gasteiger partial charge >= 0.3 is 0 Å². The van der Waals surface area contributed by atoms with Gasteiger partial charge in [0.2, 0.25) is 11.8 Å². The lowest BCUT2D eigenvalue weighted by molar-refractivity contribution is -0.116. The summed E-state index contributed by atoms with van der Waals surface area (Å²) in [5.74, 6) is -0.205. The van der Waals surface area contributed by atoms with Crippen molar-refractivity contribution in [1.82, 2.24) is 0 Å². The third-order valence-electron chi connectivity index (χ3n) is 4.56. The van der Waals surface area contributed by atoms with E-state index in [1.807, 2.05) is 56.3 Å². The molecule has 4 nitrogen and oxygen atoms in total. The van der Waals surface area contributed by atoms with Crippen LogP contribution in [-0.2, 0) is 16.0 Å². The van der Waals surface area contributed by atoms with Gasteiger partial charge in [0.25, 0.3) is 0 Å². The molecule has 0 radical (unpaired) electrons. The summed E-state index contributed by atoms with van der Waals surface area (Å²) < 4.78 is 0. The Labute approximate surface area is 196 Å². The molecule has 7 heteroatoms. The first-order valence-corrected chi connectivity index (χ1v) is 11.3. The maximum absolute atomic E-state index is 12.5. The van der Waals surface area contributed by atoms with Crippen LogP contribution in [0.4, 0.5) is 11.4 Å². The molecule has 0 fully saturated rings. The zero-order valence-electron chi connectivity index (χ0n) is 17.1. The Morgan fingerprint density at radius 1 is 0.903 bits per heavy atom. The van der Waals surface area contributed by atoms with Crippen molar-refractivity contribution < 1.29 is 9.59 Å². The molecule has 0 spiro atoms. The van der Waals surface area contributed by atoms with Crippen molar-refractivity contribution in [3.05, 3.63) is 87.9 Å². The Balaban J connectivity index is 1.53. The van der Waals surface area contributed by atoms with Crippen molar-refractivity contribution in [2.75, 3.05) is 10.6 Å². The van der Waals surface area contributed by atoms with Gasteiger partial charge in [0, 0.05) is 26.3 Å². The second-order valence-electron chi connectivity index (χ2n) is 7.08. The molecule has 1 unspecified atom stereocenters. The molecule has 3 aromatic rings. The second kappa shape index (κ2) is 10.7. The number of carbonyl (C=O) groups is 2. The van der Waals surface area contributed by atoms with Gasteiger partial charge in [0.15, 0.2) is 0 Å². The average Bonchev–Trinajstić information content (AvgIpc) is 2.73. The van der Waals surface area contributed by atoms with Crippen molar-refractivity contribution in [1.29, 1.82) is 0 Å². The van der Waals surface area contributed by atoms with Gasteiger partial charge in [-0.05, 0) is 73.5 Å². The van der Waals surface area contributed by atoms with Crippen LogP contribution in [-0.4, -0.2) is 17.1 Å². The van der Waals surface area contributed by atoms with E-state index >= 15 is 0 Å². The molecule has 0 bridgehead atoms. The normalized spacial score (nSPS) is 11.6. The molecular formula is C24H22Cl2N2O2S. The van der Waals surface area contributed by atoms with Crippen LogP contribution in [0.5, 0.6) is 0 Å². The predicted octanol–water partition coefficient (Wildman–Crippen LogP) is 6.60. The number of carbonyl (C=O) groups excluding carboxylic acids is 2. The SMILES string of the molecule is Cc1ccc(Cl)cc1NC(=O)C(C)Sc1ccc(NC(=O)Cc2ccc(Cl)cc2)cc1. The molecule has 1 atom stereocenters. The van der Waals surface area contributed by atoms with Crippen LogP contribution in [0, 0.1) is 6.92 Å². The fourth-order valence-corrected chi connectivity index (χ4v) is 4.00. The van der Waals surface area contributed by atoms with Gasteiger partial charge in [-0.1, -0.05) is 41.4 Å². The summed E-state index contributed by atoms with van der Waals surface area (Å²) >= 11 is 13.3. The van der Waals surface area contributed by atoms with Crippen molar-refractivity contribution in [2.24, 2.45) is 0 Å². The Morgan fingerprint density at radius 3 is 2.23 bits per heavy atom. The van der Waals surface area contributed by atoms with E-state index < -0.39 is 0 Å². The van der Waals surface area contributed by atoms with E-state index in [0.29, 0.717) is 21.4 Å². The van der Waals surface area contributed by atoms with Crippen molar-refractivity contribution in [3.8, 4) is 0 Å². The second-order valence-corrected chi connectivity index (χ2v) is 9.37. The first-order valence-electron chi connectivity index (χ1n) is 9.68. The molecule has 2 N–H and O–H groups in total. The number of halogens is 2. The fraction of sp³-hybridized carbons (Fsp3) is 0.167. The maximum Gasteiger partial charge on any atom is 0.237 e. The highest BCUT2D eigenvalue weighted by atomic mass is 35.5. The molecule has 31 heavy (non-hydrogen) atoms. The van der Waals surface area contributed by atoms with Gasteiger partial charge in [0.05, 0.1) is 11.7 Å². The summed E-state index contributed by atoms with van der Waals surface area (Å²) in [6, 6.07) is 20.0. The molecule has 3 aromatic carbocycles. The lowest BCUT2D eigenvalue weighted by Gasteiger charge is -2.14. The molecule has 0 aliphatic carbocycles. The Kier molecular flexibility index (Phi) is 8.02. The first kappa shape index (κ1) is 23.2. The zero-order chi connectivity index (χ0) is 22.4. The highest BCUT2D eigenvalue weighted by molar-refractivity contribution is 8.00. The molecular weight excluding hydrogens is 451 g/mol. The average molecular weight is 473 g/mol. The number of hydrogen-bond acceptors (Lipinski definition) is 3. The highest BCUT2D eigenvalue weighted by Gasteiger charge is 2.16. The van der Waals surface area contributed by atoms with Gasteiger partial charge in [-0.15, -0.1) is 11.8 Å². The van der Waals surface area contributed by atoms with E-state index in [4.69, 9.17) is 23.2 Å². The Hall–Kier alpha value is -2.47. The fourth-order valence-electron chi connectivity index (χ4n) is 2.83. The van der Waals surface area contributed by atoms with Crippen LogP contribution in [0.15, 0.2) is 71.6 Å². The van der Waals surface area contributed by atoms with E-state index in [1.165, 1.54) is 11.8 Å². The number of aryl methyl sites for hydroxylation is 1. The van der Waals surface area contributed by atoms with Crippen LogP contribution in [0.3, 0.4) is 0 Å². The number of amides is 2. The van der Waals surface area contributed by atoms with Crippen LogP contribution in [0.2, 0.25) is 10.0 Å². The summed E-state index contributed by atoms with van der Waals surface area (Å²) in [6.07, 6.45) is 0.272. The first-order chi connectivity index (χ1) is 14.8. The van der Waals surface area contributed by atoms with Gasteiger partial charge in [-0.25, -0.2) is 0 Å². The third-order valence-corrected chi connectivity index (χ3v) is 6.15. The summed E-state index contributed by atoms with van der Waals surface area (Å²) in [6.45, 7) is 3.77. The van der Waals surface area contributed by atoms with Crippen LogP contribution >= 0.6 is 35.0 Å². The summed E-state index contributed by atoms with van der Waals surface area (Å²) in [4.78, 5) is 25.7. The molecule has 3 rings (SSSR count). The van der Waals surface area contributed by atoms with E-state index in [-0.39, 0.29) is 23.5 Å². The number of hydrogen-bond donors (Lipinski definition) is 2. The Bertz CT molecular complexity index is 1070. The number of thioether (sulfide) groups is 1. The lowest BCUT2D eigenvalue weighted by atomic mass is 10.1. The molecule has 0 heterocycles. The number of benzene rings is 3. The van der Waals surface area contributed by atoms with E-state index in [0.717, 1.165) is 16.0 Å². The third kappa shape index (κ3) is 7.03. The number of nitrogens with one attached hydrogen (secondary N) is 2. The van der Waals surface area contributed by atoms with E-state index in [9.17, 15) is 9.59 Å². The quantitative estimate of drug-likeness (QED) is 0.380. The van der Waals surface area contributed by atoms with Gasteiger partial charge in [-0.2, -0.15) is 0 Å². The minimum atomic E-state index is -0.302. The van der Waals surface area contributed by atoms with E-state index in [2.05, 4.69) is 10.6 Å².